The van der Waals surface area contributed by atoms with Crippen LogP contribution in [0.15, 0.2) is 18.2 Å². The summed E-state index contributed by atoms with van der Waals surface area (Å²) in [6, 6.07) is 5.30. The fourth-order valence-corrected chi connectivity index (χ4v) is 2.60. The monoisotopic (exact) mass is 316 g/mol. The van der Waals surface area contributed by atoms with Gasteiger partial charge in [0.2, 0.25) is 0 Å². The summed E-state index contributed by atoms with van der Waals surface area (Å²) in [5, 5.41) is 4.29. The first-order valence-corrected chi connectivity index (χ1v) is 7.42. The maximum atomic E-state index is 12.0. The summed E-state index contributed by atoms with van der Waals surface area (Å²) in [7, 11) is 0. The van der Waals surface area contributed by atoms with Crippen molar-refractivity contribution < 1.29 is 9.53 Å². The topological polar surface area (TPSA) is 41.6 Å². The highest BCUT2D eigenvalue weighted by Gasteiger charge is 2.29. The third-order valence-electron chi connectivity index (χ3n) is 3.28. The predicted molar refractivity (Wildman–Crippen MR) is 80.2 cm³/mol. The van der Waals surface area contributed by atoms with Crippen molar-refractivity contribution in [3.63, 3.8) is 0 Å². The fraction of sp³-hybridized carbons (Fsp3) is 0.500. The first kappa shape index (κ1) is 15.6. The Kier molecular flexibility index (Phi) is 5.66. The van der Waals surface area contributed by atoms with Crippen molar-refractivity contribution in [3.05, 3.63) is 33.8 Å². The van der Waals surface area contributed by atoms with Crippen molar-refractivity contribution in [3.8, 4) is 0 Å². The average Bonchev–Trinajstić information content (AvgIpc) is 2.44. The molecule has 1 heterocycles. The van der Waals surface area contributed by atoms with E-state index in [9.17, 15) is 4.79 Å². The van der Waals surface area contributed by atoms with Crippen LogP contribution in [-0.4, -0.2) is 43.2 Å². The number of nitrogens with one attached hydrogen (secondary N) is 1. The molecule has 0 spiro atoms. The molecule has 1 fully saturated rings. The minimum Gasteiger partial charge on any atom is -0.465 e. The Morgan fingerprint density at radius 1 is 1.45 bits per heavy atom. The number of benzene rings is 1. The summed E-state index contributed by atoms with van der Waals surface area (Å²) in [4.78, 5) is 14.1. The minimum absolute atomic E-state index is 0.181. The van der Waals surface area contributed by atoms with Gasteiger partial charge in [0.25, 0.3) is 0 Å². The molecule has 1 aliphatic heterocycles. The second-order valence-corrected chi connectivity index (χ2v) is 5.51. The Morgan fingerprint density at radius 3 is 2.95 bits per heavy atom. The molecule has 1 unspecified atom stereocenters. The number of nitrogens with zero attached hydrogens (tertiary/aromatic N) is 1. The SMILES string of the molecule is CCOC(=O)C1CNCCN1Cc1ccc(Cl)c(Cl)c1. The lowest BCUT2D eigenvalue weighted by molar-refractivity contribution is -0.150. The molecule has 20 heavy (non-hydrogen) atoms. The molecule has 0 bridgehead atoms. The van der Waals surface area contributed by atoms with Crippen LogP contribution in [0.5, 0.6) is 0 Å². The Hall–Kier alpha value is -0.810. The van der Waals surface area contributed by atoms with Gasteiger partial charge in [-0.25, -0.2) is 0 Å². The number of halogens is 2. The summed E-state index contributed by atoms with van der Waals surface area (Å²) >= 11 is 11.9. The number of hydrogen-bond acceptors (Lipinski definition) is 4. The van der Waals surface area contributed by atoms with E-state index in [0.717, 1.165) is 18.7 Å². The molecule has 1 aromatic rings. The van der Waals surface area contributed by atoms with Crippen LogP contribution in [0.2, 0.25) is 10.0 Å². The Bertz CT molecular complexity index is 482. The van der Waals surface area contributed by atoms with E-state index in [1.807, 2.05) is 19.1 Å². The third kappa shape index (κ3) is 3.85. The third-order valence-corrected chi connectivity index (χ3v) is 4.02. The van der Waals surface area contributed by atoms with E-state index < -0.39 is 0 Å². The normalized spacial score (nSPS) is 19.9. The van der Waals surface area contributed by atoms with Crippen molar-refractivity contribution >= 4 is 29.2 Å². The van der Waals surface area contributed by atoms with Gasteiger partial charge in [0.1, 0.15) is 6.04 Å². The highest BCUT2D eigenvalue weighted by Crippen LogP contribution is 2.23. The zero-order valence-electron chi connectivity index (χ0n) is 11.4. The molecule has 0 aliphatic carbocycles. The largest absolute Gasteiger partial charge is 0.465 e. The van der Waals surface area contributed by atoms with E-state index in [2.05, 4.69) is 10.2 Å². The Labute approximate surface area is 129 Å². The first-order valence-electron chi connectivity index (χ1n) is 6.67. The van der Waals surface area contributed by atoms with Gasteiger partial charge in [-0.1, -0.05) is 29.3 Å². The number of ether oxygens (including phenoxy) is 1. The van der Waals surface area contributed by atoms with E-state index in [1.54, 1.807) is 6.07 Å². The lowest BCUT2D eigenvalue weighted by Gasteiger charge is -2.34. The first-order chi connectivity index (χ1) is 9.61. The highest BCUT2D eigenvalue weighted by atomic mass is 35.5. The predicted octanol–water partition coefficient (Wildman–Crippen LogP) is 2.33. The molecule has 0 aromatic heterocycles. The van der Waals surface area contributed by atoms with E-state index in [4.69, 9.17) is 27.9 Å². The van der Waals surface area contributed by atoms with Crippen LogP contribution in [0.1, 0.15) is 12.5 Å². The molecule has 4 nitrogen and oxygen atoms in total. The molecule has 1 aliphatic rings. The number of esters is 1. The minimum atomic E-state index is -0.252. The van der Waals surface area contributed by atoms with Crippen LogP contribution in [0.4, 0.5) is 0 Å². The summed E-state index contributed by atoms with van der Waals surface area (Å²) in [5.41, 5.74) is 1.04. The van der Waals surface area contributed by atoms with E-state index in [1.165, 1.54) is 0 Å². The number of piperazine rings is 1. The number of hydrogen-bond donors (Lipinski definition) is 1. The van der Waals surface area contributed by atoms with E-state index in [-0.39, 0.29) is 12.0 Å². The Balaban J connectivity index is 2.08. The molecule has 1 saturated heterocycles. The smallest absolute Gasteiger partial charge is 0.324 e. The van der Waals surface area contributed by atoms with Crippen molar-refractivity contribution in [2.45, 2.75) is 19.5 Å². The van der Waals surface area contributed by atoms with Crippen LogP contribution < -0.4 is 5.32 Å². The second-order valence-electron chi connectivity index (χ2n) is 4.69. The molecule has 0 saturated carbocycles. The number of carbonyl (C=O) groups is 1. The van der Waals surface area contributed by atoms with Gasteiger partial charge in [0.15, 0.2) is 0 Å². The van der Waals surface area contributed by atoms with Gasteiger partial charge in [-0.15, -0.1) is 0 Å². The van der Waals surface area contributed by atoms with Crippen LogP contribution in [0.3, 0.4) is 0 Å². The van der Waals surface area contributed by atoms with Crippen molar-refractivity contribution in [1.82, 2.24) is 10.2 Å². The van der Waals surface area contributed by atoms with Crippen LogP contribution in [0.25, 0.3) is 0 Å². The number of rotatable bonds is 4. The van der Waals surface area contributed by atoms with Crippen LogP contribution in [0, 0.1) is 0 Å². The summed E-state index contributed by atoms with van der Waals surface area (Å²) in [5.74, 6) is -0.181. The molecular formula is C14H18Cl2N2O2. The van der Waals surface area contributed by atoms with Crippen molar-refractivity contribution in [2.75, 3.05) is 26.2 Å². The van der Waals surface area contributed by atoms with Crippen molar-refractivity contribution in [1.29, 1.82) is 0 Å². The molecule has 0 amide bonds. The van der Waals surface area contributed by atoms with Gasteiger partial charge in [-0.2, -0.15) is 0 Å². The summed E-state index contributed by atoms with van der Waals surface area (Å²) < 4.78 is 5.12. The Morgan fingerprint density at radius 2 is 2.25 bits per heavy atom. The molecule has 1 atom stereocenters. The van der Waals surface area contributed by atoms with Crippen LogP contribution in [-0.2, 0) is 16.1 Å². The molecule has 1 aromatic carbocycles. The van der Waals surface area contributed by atoms with Crippen molar-refractivity contribution in [2.24, 2.45) is 0 Å². The standard InChI is InChI=1S/C14H18Cl2N2O2/c1-2-20-14(19)13-8-17-5-6-18(13)9-10-3-4-11(15)12(16)7-10/h3-4,7,13,17H,2,5-6,8-9H2,1H3. The zero-order chi connectivity index (χ0) is 14.5. The fourth-order valence-electron chi connectivity index (χ4n) is 2.28. The molecule has 1 N–H and O–H groups in total. The summed E-state index contributed by atoms with van der Waals surface area (Å²) in [6.45, 7) is 5.14. The van der Waals surface area contributed by atoms with E-state index >= 15 is 0 Å². The quantitative estimate of drug-likeness (QED) is 0.866. The molecule has 110 valence electrons. The highest BCUT2D eigenvalue weighted by molar-refractivity contribution is 6.42. The lowest BCUT2D eigenvalue weighted by atomic mass is 10.1. The average molecular weight is 317 g/mol. The second kappa shape index (κ2) is 7.27. The van der Waals surface area contributed by atoms with Crippen LogP contribution >= 0.6 is 23.2 Å². The zero-order valence-corrected chi connectivity index (χ0v) is 12.9. The van der Waals surface area contributed by atoms with Gasteiger partial charge >= 0.3 is 5.97 Å². The maximum absolute atomic E-state index is 12.0. The lowest BCUT2D eigenvalue weighted by Crippen LogP contribution is -2.54. The molecule has 6 heteroatoms. The van der Waals surface area contributed by atoms with Gasteiger partial charge < -0.3 is 10.1 Å². The molecular weight excluding hydrogens is 299 g/mol. The van der Waals surface area contributed by atoms with Gasteiger partial charge in [0, 0.05) is 26.2 Å². The maximum Gasteiger partial charge on any atom is 0.324 e. The van der Waals surface area contributed by atoms with Gasteiger partial charge in [-0.05, 0) is 24.6 Å². The number of carbonyl (C=O) groups excluding carboxylic acids is 1. The summed E-state index contributed by atoms with van der Waals surface area (Å²) in [6.07, 6.45) is 0. The molecule has 2 rings (SSSR count). The van der Waals surface area contributed by atoms with Gasteiger partial charge in [0.05, 0.1) is 16.7 Å². The van der Waals surface area contributed by atoms with Gasteiger partial charge in [-0.3, -0.25) is 9.69 Å². The van der Waals surface area contributed by atoms with E-state index in [0.29, 0.717) is 29.7 Å². The molecule has 0 radical (unpaired) electrons.